The molecule has 1 aliphatic heterocycles. The first-order valence-electron chi connectivity index (χ1n) is 14.5. The molecular weight excluding hydrogens is 470 g/mol. The van der Waals surface area contributed by atoms with Gasteiger partial charge >= 0.3 is 5.97 Å². The summed E-state index contributed by atoms with van der Waals surface area (Å²) in [6, 6.07) is 19.0. The van der Waals surface area contributed by atoms with Crippen molar-refractivity contribution in [1.82, 2.24) is 4.98 Å². The quantitative estimate of drug-likeness (QED) is 0.223. The minimum atomic E-state index is -1.07. The predicted molar refractivity (Wildman–Crippen MR) is 157 cm³/mol. The fourth-order valence-corrected chi connectivity index (χ4v) is 5.57. The van der Waals surface area contributed by atoms with Gasteiger partial charge in [0.15, 0.2) is 0 Å². The van der Waals surface area contributed by atoms with Crippen LogP contribution in [0.15, 0.2) is 60.8 Å². The van der Waals surface area contributed by atoms with Gasteiger partial charge in [-0.05, 0) is 68.0 Å². The summed E-state index contributed by atoms with van der Waals surface area (Å²) in [6.07, 6.45) is 7.09. The summed E-state index contributed by atoms with van der Waals surface area (Å²) in [5, 5.41) is 0. The van der Waals surface area contributed by atoms with Crippen molar-refractivity contribution in [2.45, 2.75) is 72.3 Å². The average Bonchev–Trinajstić information content (AvgIpc) is 3.25. The van der Waals surface area contributed by atoms with Crippen LogP contribution in [0.2, 0.25) is 0 Å². The van der Waals surface area contributed by atoms with Crippen LogP contribution in [-0.2, 0) is 16.8 Å². The van der Waals surface area contributed by atoms with E-state index in [4.69, 9.17) is 9.72 Å². The Kier molecular flexibility index (Phi) is 9.09. The molecule has 0 radical (unpaired) electrons. The Bertz CT molecular complexity index is 1130. The highest BCUT2D eigenvalue weighted by Crippen LogP contribution is 2.46. The van der Waals surface area contributed by atoms with E-state index in [0.29, 0.717) is 11.3 Å². The van der Waals surface area contributed by atoms with Crippen LogP contribution in [0, 0.1) is 0 Å². The van der Waals surface area contributed by atoms with Gasteiger partial charge in [-0.15, -0.1) is 0 Å². The van der Waals surface area contributed by atoms with Gasteiger partial charge in [0.1, 0.15) is 5.69 Å². The van der Waals surface area contributed by atoms with Crippen molar-refractivity contribution in [3.63, 3.8) is 0 Å². The molecule has 0 aliphatic carbocycles. The number of hydrogen-bond acceptors (Lipinski definition) is 5. The molecule has 0 saturated carbocycles. The Morgan fingerprint density at radius 3 is 1.55 bits per heavy atom. The minimum absolute atomic E-state index is 0.312. The molecule has 1 aliphatic rings. The van der Waals surface area contributed by atoms with E-state index >= 15 is 0 Å². The number of anilines is 2. The number of hydrogen-bond donors (Lipinski definition) is 0. The maximum absolute atomic E-state index is 13.3. The van der Waals surface area contributed by atoms with Crippen LogP contribution in [0.1, 0.15) is 93.0 Å². The maximum Gasteiger partial charge on any atom is 0.341 e. The van der Waals surface area contributed by atoms with E-state index in [0.717, 1.165) is 75.0 Å². The lowest BCUT2D eigenvalue weighted by Gasteiger charge is -2.31. The van der Waals surface area contributed by atoms with Crippen molar-refractivity contribution in [1.29, 1.82) is 0 Å². The average molecular weight is 514 g/mol. The Morgan fingerprint density at radius 2 is 1.16 bits per heavy atom. The van der Waals surface area contributed by atoms with E-state index in [1.807, 2.05) is 12.3 Å². The largest absolute Gasteiger partial charge is 0.439 e. The van der Waals surface area contributed by atoms with Crippen LogP contribution < -0.4 is 9.80 Å². The summed E-state index contributed by atoms with van der Waals surface area (Å²) < 4.78 is 6.35. The molecule has 202 valence electrons. The first kappa shape index (κ1) is 27.7. The van der Waals surface area contributed by atoms with Gasteiger partial charge in [-0.3, -0.25) is 4.98 Å². The zero-order chi connectivity index (χ0) is 27.1. The van der Waals surface area contributed by atoms with Gasteiger partial charge in [-0.1, -0.05) is 58.9 Å². The Balaban J connectivity index is 1.83. The van der Waals surface area contributed by atoms with Crippen LogP contribution in [-0.4, -0.2) is 37.1 Å². The fourth-order valence-electron chi connectivity index (χ4n) is 5.57. The third-order valence-electron chi connectivity index (χ3n) is 7.40. The molecule has 1 aromatic heterocycles. The number of fused-ring (bicyclic) bond motifs is 1. The summed E-state index contributed by atoms with van der Waals surface area (Å²) in [7, 11) is 0. The molecule has 0 amide bonds. The number of nitrogens with zero attached hydrogens (tertiary/aromatic N) is 3. The monoisotopic (exact) mass is 513 g/mol. The molecule has 0 fully saturated rings. The van der Waals surface area contributed by atoms with Gasteiger partial charge in [-0.2, -0.15) is 0 Å². The Labute approximate surface area is 228 Å². The molecule has 38 heavy (non-hydrogen) atoms. The van der Waals surface area contributed by atoms with Crippen molar-refractivity contribution >= 4 is 17.3 Å². The van der Waals surface area contributed by atoms with Gasteiger partial charge < -0.3 is 14.5 Å². The Morgan fingerprint density at radius 1 is 0.711 bits per heavy atom. The zero-order valence-corrected chi connectivity index (χ0v) is 23.8. The standard InChI is InChI=1S/C33H43N3O2/c1-6-19-35(20-7-2)28-15-11-26(12-16-28)33(31-30(32(37)38-33)23-25(10-5)24-34-31)27-13-17-29(18-14-27)36(21-8-3)22-9-4/h11-18,23-24H,6-10,19-22H2,1-5H3. The number of pyridine rings is 1. The predicted octanol–water partition coefficient (Wildman–Crippen LogP) is 7.36. The molecule has 0 atom stereocenters. The van der Waals surface area contributed by atoms with E-state index in [1.54, 1.807) is 0 Å². The minimum Gasteiger partial charge on any atom is -0.439 e. The number of benzene rings is 2. The molecule has 0 bridgehead atoms. The lowest BCUT2D eigenvalue weighted by Crippen LogP contribution is -2.31. The molecule has 5 heteroatoms. The number of aryl methyl sites for hydroxylation is 1. The second kappa shape index (κ2) is 12.5. The molecule has 0 unspecified atom stereocenters. The van der Waals surface area contributed by atoms with Gasteiger partial charge in [-0.25, -0.2) is 4.79 Å². The van der Waals surface area contributed by atoms with Crippen molar-refractivity contribution in [2.75, 3.05) is 36.0 Å². The van der Waals surface area contributed by atoms with Crippen molar-refractivity contribution in [3.05, 3.63) is 88.7 Å². The third kappa shape index (κ3) is 5.29. The number of rotatable bonds is 13. The summed E-state index contributed by atoms with van der Waals surface area (Å²) in [6.45, 7) is 15.0. The topological polar surface area (TPSA) is 45.7 Å². The maximum atomic E-state index is 13.3. The Hall–Kier alpha value is -3.34. The van der Waals surface area contributed by atoms with Gasteiger partial charge in [0.25, 0.3) is 0 Å². The van der Waals surface area contributed by atoms with Gasteiger partial charge in [0, 0.05) is 54.9 Å². The van der Waals surface area contributed by atoms with Crippen LogP contribution in [0.3, 0.4) is 0 Å². The molecular formula is C33H43N3O2. The first-order chi connectivity index (χ1) is 18.5. The van der Waals surface area contributed by atoms with E-state index in [2.05, 4.69) is 92.9 Å². The first-order valence-corrected chi connectivity index (χ1v) is 14.5. The molecule has 0 N–H and O–H groups in total. The number of carbonyl (C=O) groups excluding carboxylic acids is 1. The molecule has 5 nitrogen and oxygen atoms in total. The highest BCUT2D eigenvalue weighted by molar-refractivity contribution is 5.95. The molecule has 2 heterocycles. The zero-order valence-electron chi connectivity index (χ0n) is 23.8. The summed E-state index contributed by atoms with van der Waals surface area (Å²) in [5.41, 5.74) is 5.43. The van der Waals surface area contributed by atoms with E-state index in [-0.39, 0.29) is 5.97 Å². The SMILES string of the molecule is CCCN(CCC)c1ccc(C2(c3ccc(N(CCC)CCC)cc3)OC(=O)c3cc(CC)cnc32)cc1. The van der Waals surface area contributed by atoms with Crippen molar-refractivity contribution in [3.8, 4) is 0 Å². The van der Waals surface area contributed by atoms with E-state index < -0.39 is 5.60 Å². The third-order valence-corrected chi connectivity index (χ3v) is 7.40. The molecule has 0 saturated heterocycles. The van der Waals surface area contributed by atoms with Crippen LogP contribution in [0.25, 0.3) is 0 Å². The van der Waals surface area contributed by atoms with Crippen molar-refractivity contribution in [2.24, 2.45) is 0 Å². The van der Waals surface area contributed by atoms with E-state index in [1.165, 1.54) is 11.4 Å². The normalized spacial score (nSPS) is 13.8. The van der Waals surface area contributed by atoms with Crippen molar-refractivity contribution < 1.29 is 9.53 Å². The number of aromatic nitrogens is 1. The van der Waals surface area contributed by atoms with Gasteiger partial charge in [0.05, 0.1) is 5.56 Å². The number of cyclic esters (lactones) is 1. The van der Waals surface area contributed by atoms with Gasteiger partial charge in [0.2, 0.25) is 5.60 Å². The molecule has 4 rings (SSSR count). The summed E-state index contributed by atoms with van der Waals surface area (Å²) in [5.74, 6) is -0.312. The number of carbonyl (C=O) groups is 1. The molecule has 3 aromatic rings. The lowest BCUT2D eigenvalue weighted by atomic mass is 9.82. The highest BCUT2D eigenvalue weighted by atomic mass is 16.6. The smallest absolute Gasteiger partial charge is 0.341 e. The van der Waals surface area contributed by atoms with Crippen LogP contribution in [0.4, 0.5) is 11.4 Å². The van der Waals surface area contributed by atoms with Crippen LogP contribution >= 0.6 is 0 Å². The summed E-state index contributed by atoms with van der Waals surface area (Å²) >= 11 is 0. The second-order valence-electron chi connectivity index (χ2n) is 10.2. The van der Waals surface area contributed by atoms with E-state index in [9.17, 15) is 4.79 Å². The molecule has 2 aromatic carbocycles. The second-order valence-corrected chi connectivity index (χ2v) is 10.2. The molecule has 0 spiro atoms. The number of esters is 1. The fraction of sp³-hybridized carbons (Fsp3) is 0.455. The van der Waals surface area contributed by atoms with Crippen LogP contribution in [0.5, 0.6) is 0 Å². The lowest BCUT2D eigenvalue weighted by molar-refractivity contribution is 0.0243. The number of ether oxygens (including phenoxy) is 1. The highest BCUT2D eigenvalue weighted by Gasteiger charge is 2.50. The summed E-state index contributed by atoms with van der Waals surface area (Å²) in [4.78, 5) is 23.0.